The van der Waals surface area contributed by atoms with Crippen LogP contribution in [0.1, 0.15) is 42.0 Å². The summed E-state index contributed by atoms with van der Waals surface area (Å²) in [7, 11) is 2.18. The van der Waals surface area contributed by atoms with Crippen molar-refractivity contribution in [2.75, 3.05) is 20.1 Å². The number of hydrogen-bond acceptors (Lipinski definition) is 2. The molecule has 4 rings (SSSR count). The van der Waals surface area contributed by atoms with Crippen molar-refractivity contribution < 1.29 is 5.11 Å². The highest BCUT2D eigenvalue weighted by Crippen LogP contribution is 2.57. The lowest BCUT2D eigenvalue weighted by Crippen LogP contribution is -2.52. The molecule has 0 aromatic heterocycles. The second-order valence-electron chi connectivity index (χ2n) is 8.38. The first kappa shape index (κ1) is 16.8. The van der Waals surface area contributed by atoms with E-state index in [0.29, 0.717) is 5.92 Å². The number of piperidine rings is 1. The first-order valence-corrected chi connectivity index (χ1v) is 9.51. The number of fused-ring (bicyclic) bond motifs is 1. The lowest BCUT2D eigenvalue weighted by molar-refractivity contribution is -0.0949. The van der Waals surface area contributed by atoms with Crippen LogP contribution in [0.25, 0.3) is 0 Å². The highest BCUT2D eigenvalue weighted by Gasteiger charge is 2.58. The summed E-state index contributed by atoms with van der Waals surface area (Å²) in [5, 5.41) is 12.3. The van der Waals surface area contributed by atoms with E-state index in [1.165, 1.54) is 16.7 Å². The van der Waals surface area contributed by atoms with Crippen LogP contribution in [0.3, 0.4) is 0 Å². The summed E-state index contributed by atoms with van der Waals surface area (Å²) in [6.45, 7) is 6.56. The number of benzene rings is 2. The van der Waals surface area contributed by atoms with E-state index in [4.69, 9.17) is 0 Å². The van der Waals surface area contributed by atoms with Gasteiger partial charge in [0.1, 0.15) is 5.60 Å². The molecule has 132 valence electrons. The average molecular weight is 335 g/mol. The van der Waals surface area contributed by atoms with E-state index in [2.05, 4.69) is 74.3 Å². The van der Waals surface area contributed by atoms with Gasteiger partial charge in [0.25, 0.3) is 0 Å². The zero-order valence-corrected chi connectivity index (χ0v) is 15.6. The third-order valence-corrected chi connectivity index (χ3v) is 6.78. The van der Waals surface area contributed by atoms with Crippen LogP contribution in [0.4, 0.5) is 0 Å². The molecular weight excluding hydrogens is 306 g/mol. The summed E-state index contributed by atoms with van der Waals surface area (Å²) in [5.41, 5.74) is 3.94. The van der Waals surface area contributed by atoms with Crippen LogP contribution in [0.5, 0.6) is 0 Å². The Morgan fingerprint density at radius 3 is 2.48 bits per heavy atom. The van der Waals surface area contributed by atoms with Gasteiger partial charge >= 0.3 is 0 Å². The maximum atomic E-state index is 12.3. The molecule has 2 unspecified atom stereocenters. The lowest BCUT2D eigenvalue weighted by Gasteiger charge is -2.48. The van der Waals surface area contributed by atoms with E-state index in [-0.39, 0.29) is 5.41 Å². The van der Waals surface area contributed by atoms with Gasteiger partial charge in [-0.1, -0.05) is 61.0 Å². The summed E-state index contributed by atoms with van der Waals surface area (Å²) in [6, 6.07) is 17.3. The smallest absolute Gasteiger partial charge is 0.102 e. The predicted molar refractivity (Wildman–Crippen MR) is 103 cm³/mol. The first-order chi connectivity index (χ1) is 11.9. The maximum Gasteiger partial charge on any atom is 0.102 e. The molecule has 2 nitrogen and oxygen atoms in total. The van der Waals surface area contributed by atoms with Crippen LogP contribution >= 0.6 is 0 Å². The summed E-state index contributed by atoms with van der Waals surface area (Å²) in [4.78, 5) is 2.38. The Bertz CT molecular complexity index is 777. The van der Waals surface area contributed by atoms with Gasteiger partial charge in [-0.3, -0.25) is 0 Å². The van der Waals surface area contributed by atoms with Gasteiger partial charge in [-0.2, -0.15) is 0 Å². The van der Waals surface area contributed by atoms with Crippen molar-refractivity contribution >= 4 is 0 Å². The monoisotopic (exact) mass is 335 g/mol. The van der Waals surface area contributed by atoms with E-state index >= 15 is 0 Å². The molecule has 0 bridgehead atoms. The molecule has 1 aliphatic carbocycles. The molecule has 2 aliphatic rings. The standard InChI is InChI=1S/C23H29NO/c1-17-7-6-9-20(15-17)22(2)16-18-8-4-5-10-21(18)23(22,25)19-11-13-24(3)14-12-19/h4-10,15,19,25H,11-14,16H2,1-3H3. The Balaban J connectivity index is 1.86. The van der Waals surface area contributed by atoms with E-state index in [9.17, 15) is 5.11 Å². The SMILES string of the molecule is Cc1cccc(C2(C)Cc3ccccc3C2(O)C2CCN(C)CC2)c1. The second kappa shape index (κ2) is 5.96. The van der Waals surface area contributed by atoms with E-state index < -0.39 is 5.60 Å². The zero-order chi connectivity index (χ0) is 17.7. The second-order valence-corrected chi connectivity index (χ2v) is 8.38. The van der Waals surface area contributed by atoms with Gasteiger partial charge in [0, 0.05) is 5.41 Å². The summed E-state index contributed by atoms with van der Waals surface area (Å²) in [6.07, 6.45) is 3.03. The van der Waals surface area contributed by atoms with Crippen molar-refractivity contribution in [1.82, 2.24) is 4.90 Å². The van der Waals surface area contributed by atoms with Crippen molar-refractivity contribution in [3.05, 3.63) is 70.8 Å². The summed E-state index contributed by atoms with van der Waals surface area (Å²) < 4.78 is 0. The molecule has 1 N–H and O–H groups in total. The maximum absolute atomic E-state index is 12.3. The first-order valence-electron chi connectivity index (χ1n) is 9.51. The topological polar surface area (TPSA) is 23.5 Å². The van der Waals surface area contributed by atoms with Crippen LogP contribution in [-0.4, -0.2) is 30.1 Å². The molecule has 1 aliphatic heterocycles. The average Bonchev–Trinajstić information content (AvgIpc) is 2.85. The minimum Gasteiger partial charge on any atom is -0.384 e. The van der Waals surface area contributed by atoms with Crippen LogP contribution in [0.2, 0.25) is 0 Å². The Labute approximate surface area is 151 Å². The number of hydrogen-bond donors (Lipinski definition) is 1. The zero-order valence-electron chi connectivity index (χ0n) is 15.6. The van der Waals surface area contributed by atoms with Gasteiger partial charge < -0.3 is 10.0 Å². The molecule has 2 heteroatoms. The minimum absolute atomic E-state index is 0.275. The third-order valence-electron chi connectivity index (χ3n) is 6.78. The van der Waals surface area contributed by atoms with E-state index in [1.54, 1.807) is 0 Å². The molecule has 0 saturated carbocycles. The fourth-order valence-electron chi connectivity index (χ4n) is 5.27. The molecule has 0 amide bonds. The van der Waals surface area contributed by atoms with Gasteiger partial charge in [0.15, 0.2) is 0 Å². The van der Waals surface area contributed by atoms with Gasteiger partial charge in [0.2, 0.25) is 0 Å². The minimum atomic E-state index is -0.793. The van der Waals surface area contributed by atoms with Gasteiger partial charge in [0.05, 0.1) is 0 Å². The van der Waals surface area contributed by atoms with Crippen molar-refractivity contribution in [1.29, 1.82) is 0 Å². The van der Waals surface area contributed by atoms with Crippen molar-refractivity contribution in [3.63, 3.8) is 0 Å². The fraction of sp³-hybridized carbons (Fsp3) is 0.478. The van der Waals surface area contributed by atoms with E-state index in [0.717, 1.165) is 37.9 Å². The summed E-state index contributed by atoms with van der Waals surface area (Å²) >= 11 is 0. The highest BCUT2D eigenvalue weighted by atomic mass is 16.3. The molecule has 0 spiro atoms. The fourth-order valence-corrected chi connectivity index (χ4v) is 5.27. The normalized spacial score (nSPS) is 30.4. The largest absolute Gasteiger partial charge is 0.384 e. The van der Waals surface area contributed by atoms with Gasteiger partial charge in [-0.25, -0.2) is 0 Å². The van der Waals surface area contributed by atoms with Crippen LogP contribution in [0.15, 0.2) is 48.5 Å². The van der Waals surface area contributed by atoms with Crippen LogP contribution < -0.4 is 0 Å². The van der Waals surface area contributed by atoms with Gasteiger partial charge in [-0.15, -0.1) is 0 Å². The van der Waals surface area contributed by atoms with Crippen molar-refractivity contribution in [2.24, 2.45) is 5.92 Å². The van der Waals surface area contributed by atoms with Crippen molar-refractivity contribution in [2.45, 2.75) is 44.1 Å². The molecule has 2 aromatic rings. The Kier molecular flexibility index (Phi) is 4.01. The van der Waals surface area contributed by atoms with Gasteiger partial charge in [-0.05, 0) is 68.9 Å². The molecule has 25 heavy (non-hydrogen) atoms. The number of aliphatic hydroxyl groups is 1. The Hall–Kier alpha value is -1.64. The third kappa shape index (κ3) is 2.46. The summed E-state index contributed by atoms with van der Waals surface area (Å²) in [5.74, 6) is 0.304. The Morgan fingerprint density at radius 2 is 1.76 bits per heavy atom. The lowest BCUT2D eigenvalue weighted by atomic mass is 9.61. The molecule has 2 atom stereocenters. The van der Waals surface area contributed by atoms with Crippen LogP contribution in [-0.2, 0) is 17.4 Å². The molecule has 0 radical (unpaired) electrons. The number of likely N-dealkylation sites (tertiary alicyclic amines) is 1. The molecule has 1 saturated heterocycles. The molecule has 2 aromatic carbocycles. The Morgan fingerprint density at radius 1 is 1.04 bits per heavy atom. The predicted octanol–water partition coefficient (Wildman–Crippen LogP) is 4.04. The van der Waals surface area contributed by atoms with E-state index in [1.807, 2.05) is 0 Å². The molecular formula is C23H29NO. The van der Waals surface area contributed by atoms with Crippen molar-refractivity contribution in [3.8, 4) is 0 Å². The quantitative estimate of drug-likeness (QED) is 0.895. The highest BCUT2D eigenvalue weighted by molar-refractivity contribution is 5.49. The molecule has 1 fully saturated rings. The number of nitrogens with zero attached hydrogens (tertiary/aromatic N) is 1. The number of rotatable bonds is 2. The van der Waals surface area contributed by atoms with Crippen LogP contribution in [0, 0.1) is 12.8 Å². The molecule has 1 heterocycles. The number of aryl methyl sites for hydroxylation is 1.